The number of hydrogen-bond acceptors (Lipinski definition) is 3. The first-order chi connectivity index (χ1) is 11.0. The first kappa shape index (κ1) is 15.9. The molecule has 120 valence electrons. The Kier molecular flexibility index (Phi) is 4.33. The second kappa shape index (κ2) is 6.26. The molecule has 1 atom stereocenters. The molecule has 23 heavy (non-hydrogen) atoms. The summed E-state index contributed by atoms with van der Waals surface area (Å²) in [4.78, 5) is 4.37. The van der Waals surface area contributed by atoms with Crippen molar-refractivity contribution in [1.29, 1.82) is 0 Å². The van der Waals surface area contributed by atoms with Crippen LogP contribution >= 0.6 is 11.6 Å². The number of aliphatic hydroxyl groups excluding tert-OH is 1. The van der Waals surface area contributed by atoms with Crippen molar-refractivity contribution >= 4 is 17.2 Å². The predicted molar refractivity (Wildman–Crippen MR) is 87.4 cm³/mol. The zero-order valence-corrected chi connectivity index (χ0v) is 13.7. The maximum Gasteiger partial charge on any atom is 0.154 e. The van der Waals surface area contributed by atoms with Crippen LogP contribution in [0.5, 0.6) is 0 Å². The Morgan fingerprint density at radius 2 is 2.09 bits per heavy atom. The Labute approximate surface area is 138 Å². The quantitative estimate of drug-likeness (QED) is 0.790. The van der Waals surface area contributed by atoms with Crippen LogP contribution in [-0.2, 0) is 13.0 Å². The molecule has 4 nitrogen and oxygen atoms in total. The van der Waals surface area contributed by atoms with Gasteiger partial charge in [0.25, 0.3) is 0 Å². The van der Waals surface area contributed by atoms with E-state index in [0.29, 0.717) is 28.5 Å². The van der Waals surface area contributed by atoms with Gasteiger partial charge in [-0.25, -0.2) is 13.9 Å². The highest BCUT2D eigenvalue weighted by molar-refractivity contribution is 6.29. The molecule has 0 aliphatic rings. The molecular formula is C17H17ClFN3O. The van der Waals surface area contributed by atoms with Crippen molar-refractivity contribution in [2.24, 2.45) is 0 Å². The van der Waals surface area contributed by atoms with E-state index in [1.165, 1.54) is 6.92 Å². The molecule has 2 heterocycles. The Morgan fingerprint density at radius 1 is 1.30 bits per heavy atom. The van der Waals surface area contributed by atoms with Crippen molar-refractivity contribution < 1.29 is 9.50 Å². The van der Waals surface area contributed by atoms with Gasteiger partial charge in [0.15, 0.2) is 5.65 Å². The Balaban J connectivity index is 2.11. The lowest BCUT2D eigenvalue weighted by atomic mass is 9.96. The van der Waals surface area contributed by atoms with Crippen molar-refractivity contribution in [2.75, 3.05) is 0 Å². The van der Waals surface area contributed by atoms with Gasteiger partial charge in [-0.2, -0.15) is 5.10 Å². The summed E-state index contributed by atoms with van der Waals surface area (Å²) in [5.74, 6) is 0. The van der Waals surface area contributed by atoms with E-state index >= 15 is 0 Å². The largest absolute Gasteiger partial charge is 0.390 e. The zero-order valence-electron chi connectivity index (χ0n) is 12.9. The fourth-order valence-electron chi connectivity index (χ4n) is 2.81. The van der Waals surface area contributed by atoms with Crippen LogP contribution in [0, 0.1) is 6.92 Å². The number of alkyl halides is 1. The number of aliphatic hydroxyl groups is 1. The van der Waals surface area contributed by atoms with Crippen molar-refractivity contribution in [3.63, 3.8) is 0 Å². The van der Waals surface area contributed by atoms with E-state index in [-0.39, 0.29) is 6.61 Å². The van der Waals surface area contributed by atoms with Crippen LogP contribution in [0.2, 0.25) is 5.15 Å². The minimum atomic E-state index is -1.03. The molecular weight excluding hydrogens is 317 g/mol. The van der Waals surface area contributed by atoms with Crippen molar-refractivity contribution in [3.8, 4) is 0 Å². The van der Waals surface area contributed by atoms with Crippen LogP contribution < -0.4 is 0 Å². The van der Waals surface area contributed by atoms with Crippen LogP contribution in [0.3, 0.4) is 0 Å². The number of nitrogens with zero attached hydrogens (tertiary/aromatic N) is 3. The number of imidazole rings is 1. The summed E-state index contributed by atoms with van der Waals surface area (Å²) in [6, 6.07) is 9.00. The third-order valence-corrected chi connectivity index (χ3v) is 4.25. The highest BCUT2D eigenvalue weighted by Crippen LogP contribution is 2.26. The molecule has 0 aliphatic carbocycles. The highest BCUT2D eigenvalue weighted by Gasteiger charge is 2.16. The first-order valence-electron chi connectivity index (χ1n) is 7.37. The topological polar surface area (TPSA) is 50.4 Å². The number of benzene rings is 1. The van der Waals surface area contributed by atoms with Gasteiger partial charge in [0.05, 0.1) is 18.0 Å². The smallest absolute Gasteiger partial charge is 0.154 e. The van der Waals surface area contributed by atoms with Crippen LogP contribution in [0.15, 0.2) is 30.3 Å². The van der Waals surface area contributed by atoms with Gasteiger partial charge in [-0.15, -0.1) is 0 Å². The lowest BCUT2D eigenvalue weighted by molar-refractivity contribution is 0.276. The molecule has 3 rings (SSSR count). The van der Waals surface area contributed by atoms with Gasteiger partial charge >= 0.3 is 0 Å². The second-order valence-corrected chi connectivity index (χ2v) is 5.90. The van der Waals surface area contributed by atoms with Crippen LogP contribution in [0.4, 0.5) is 4.39 Å². The molecule has 1 aromatic carbocycles. The predicted octanol–water partition coefficient (Wildman–Crippen LogP) is 3.80. The molecule has 0 aliphatic heterocycles. The molecule has 2 aromatic heterocycles. The first-order valence-corrected chi connectivity index (χ1v) is 7.75. The van der Waals surface area contributed by atoms with E-state index in [1.807, 2.05) is 19.1 Å². The summed E-state index contributed by atoms with van der Waals surface area (Å²) in [5, 5.41) is 14.2. The number of aromatic nitrogens is 3. The number of halogens is 2. The van der Waals surface area contributed by atoms with Gasteiger partial charge in [-0.05, 0) is 42.7 Å². The summed E-state index contributed by atoms with van der Waals surface area (Å²) >= 11 is 5.97. The van der Waals surface area contributed by atoms with E-state index in [4.69, 9.17) is 11.6 Å². The summed E-state index contributed by atoms with van der Waals surface area (Å²) in [6.45, 7) is 3.25. The van der Waals surface area contributed by atoms with Gasteiger partial charge in [0.1, 0.15) is 11.3 Å². The van der Waals surface area contributed by atoms with Crippen LogP contribution in [-0.4, -0.2) is 19.7 Å². The van der Waals surface area contributed by atoms with Crippen LogP contribution in [0.25, 0.3) is 5.65 Å². The SMILES string of the molecule is Cc1c(Cc2c(CO)nc3ccc(Cl)nn23)cccc1C(C)F. The fraction of sp³-hybridized carbons (Fsp3) is 0.294. The molecule has 1 N–H and O–H groups in total. The average Bonchev–Trinajstić information content (AvgIpc) is 2.86. The van der Waals surface area contributed by atoms with Crippen LogP contribution in [0.1, 0.15) is 41.2 Å². The Hall–Kier alpha value is -1.98. The van der Waals surface area contributed by atoms with E-state index in [2.05, 4.69) is 10.1 Å². The number of hydrogen-bond donors (Lipinski definition) is 1. The zero-order chi connectivity index (χ0) is 16.6. The summed E-state index contributed by atoms with van der Waals surface area (Å²) in [6.07, 6.45) is -0.529. The molecule has 0 fully saturated rings. The number of fused-ring (bicyclic) bond motifs is 1. The molecule has 0 saturated heterocycles. The third-order valence-electron chi connectivity index (χ3n) is 4.04. The maximum absolute atomic E-state index is 13.7. The van der Waals surface area contributed by atoms with Gasteiger partial charge in [-0.3, -0.25) is 0 Å². The van der Waals surface area contributed by atoms with Crippen molar-refractivity contribution in [2.45, 2.75) is 33.0 Å². The summed E-state index contributed by atoms with van der Waals surface area (Å²) < 4.78 is 15.4. The molecule has 0 radical (unpaired) electrons. The lowest BCUT2D eigenvalue weighted by Gasteiger charge is -2.12. The average molecular weight is 334 g/mol. The molecule has 1 unspecified atom stereocenters. The van der Waals surface area contributed by atoms with Crippen molar-refractivity contribution in [3.05, 3.63) is 63.6 Å². The summed E-state index contributed by atoms with van der Waals surface area (Å²) in [5.41, 5.74) is 4.50. The standard InChI is InChI=1S/C17H17ClFN3O/c1-10-12(4-3-5-13(10)11(2)19)8-15-14(9-23)20-17-7-6-16(18)21-22(15)17/h3-7,11,23H,8-9H2,1-2H3. The second-order valence-electron chi connectivity index (χ2n) is 5.51. The minimum Gasteiger partial charge on any atom is -0.390 e. The van der Waals surface area contributed by atoms with Gasteiger partial charge in [0.2, 0.25) is 0 Å². The maximum atomic E-state index is 13.7. The third kappa shape index (κ3) is 2.94. The number of rotatable bonds is 4. The molecule has 0 saturated carbocycles. The van der Waals surface area contributed by atoms with E-state index in [0.717, 1.165) is 16.8 Å². The van der Waals surface area contributed by atoms with Crippen molar-refractivity contribution in [1.82, 2.24) is 14.6 Å². The monoisotopic (exact) mass is 333 g/mol. The summed E-state index contributed by atoms with van der Waals surface area (Å²) in [7, 11) is 0. The lowest BCUT2D eigenvalue weighted by Crippen LogP contribution is -2.04. The van der Waals surface area contributed by atoms with E-state index in [9.17, 15) is 9.50 Å². The van der Waals surface area contributed by atoms with E-state index < -0.39 is 6.17 Å². The molecule has 0 spiro atoms. The van der Waals surface area contributed by atoms with Gasteiger partial charge in [-0.1, -0.05) is 29.8 Å². The van der Waals surface area contributed by atoms with Gasteiger partial charge < -0.3 is 5.11 Å². The molecule has 6 heteroatoms. The highest BCUT2D eigenvalue weighted by atomic mass is 35.5. The molecule has 3 aromatic rings. The minimum absolute atomic E-state index is 0.186. The van der Waals surface area contributed by atoms with Gasteiger partial charge in [0, 0.05) is 6.42 Å². The molecule has 0 amide bonds. The molecule has 0 bridgehead atoms. The normalized spacial score (nSPS) is 12.7. The fourth-order valence-corrected chi connectivity index (χ4v) is 2.95. The Morgan fingerprint density at radius 3 is 2.78 bits per heavy atom. The Bertz CT molecular complexity index is 860. The van der Waals surface area contributed by atoms with E-state index in [1.54, 1.807) is 22.7 Å².